The fourth-order valence-corrected chi connectivity index (χ4v) is 3.52. The van der Waals surface area contributed by atoms with Crippen molar-refractivity contribution in [2.45, 2.75) is 19.8 Å². The Bertz CT molecular complexity index is 884. The highest BCUT2D eigenvalue weighted by molar-refractivity contribution is 5.91. The van der Waals surface area contributed by atoms with Crippen LogP contribution in [0.5, 0.6) is 11.5 Å². The van der Waals surface area contributed by atoms with E-state index >= 15 is 0 Å². The Labute approximate surface area is 175 Å². The van der Waals surface area contributed by atoms with Crippen molar-refractivity contribution in [1.82, 2.24) is 0 Å². The van der Waals surface area contributed by atoms with Gasteiger partial charge in [-0.15, -0.1) is 0 Å². The van der Waals surface area contributed by atoms with Crippen molar-refractivity contribution >= 4 is 17.3 Å². The van der Waals surface area contributed by atoms with Crippen LogP contribution in [0.3, 0.4) is 0 Å². The summed E-state index contributed by atoms with van der Waals surface area (Å²) < 4.78 is 15.8. The molecule has 0 N–H and O–H groups in total. The van der Waals surface area contributed by atoms with Crippen molar-refractivity contribution in [2.75, 3.05) is 38.3 Å². The Morgan fingerprint density at radius 1 is 1.17 bits per heavy atom. The first kappa shape index (κ1) is 21.4. The van der Waals surface area contributed by atoms with Crippen LogP contribution in [0, 0.1) is 16.0 Å². The molecular weight excluding hydrogens is 388 g/mol. The fraction of sp³-hybridized carbons (Fsp3) is 0.409. The van der Waals surface area contributed by atoms with Crippen molar-refractivity contribution in [3.8, 4) is 11.5 Å². The first-order valence-electron chi connectivity index (χ1n) is 9.95. The molecule has 0 aromatic heterocycles. The zero-order valence-electron chi connectivity index (χ0n) is 17.2. The predicted octanol–water partition coefficient (Wildman–Crippen LogP) is 4.08. The second-order valence-electron chi connectivity index (χ2n) is 7.31. The number of nitro groups is 1. The van der Waals surface area contributed by atoms with E-state index in [0.29, 0.717) is 17.4 Å². The molecule has 30 heavy (non-hydrogen) atoms. The molecule has 2 aromatic carbocycles. The molecule has 1 heterocycles. The summed E-state index contributed by atoms with van der Waals surface area (Å²) in [5.74, 6) is 1.21. The molecule has 1 atom stereocenters. The number of carbonyl (C=O) groups is 1. The third-order valence-corrected chi connectivity index (χ3v) is 5.05. The van der Waals surface area contributed by atoms with Crippen molar-refractivity contribution in [3.63, 3.8) is 0 Å². The number of rotatable bonds is 8. The molecule has 2 aromatic rings. The number of nitrogens with zero attached hydrogens (tertiary/aromatic N) is 2. The first-order chi connectivity index (χ1) is 14.5. The van der Waals surface area contributed by atoms with Gasteiger partial charge >= 0.3 is 5.97 Å². The van der Waals surface area contributed by atoms with Crippen LogP contribution in [-0.2, 0) is 4.74 Å². The summed E-state index contributed by atoms with van der Waals surface area (Å²) in [7, 11) is 1.58. The van der Waals surface area contributed by atoms with Gasteiger partial charge in [-0.05, 0) is 55.2 Å². The number of hydrogen-bond donors (Lipinski definition) is 0. The summed E-state index contributed by atoms with van der Waals surface area (Å²) >= 11 is 0. The molecule has 8 heteroatoms. The Morgan fingerprint density at radius 2 is 1.90 bits per heavy atom. The topological polar surface area (TPSA) is 91.1 Å². The van der Waals surface area contributed by atoms with Crippen LogP contribution >= 0.6 is 0 Å². The maximum atomic E-state index is 12.3. The van der Waals surface area contributed by atoms with Crippen molar-refractivity contribution < 1.29 is 23.9 Å². The molecule has 0 unspecified atom stereocenters. The van der Waals surface area contributed by atoms with Gasteiger partial charge in [0.05, 0.1) is 17.6 Å². The second kappa shape index (κ2) is 9.96. The van der Waals surface area contributed by atoms with Gasteiger partial charge < -0.3 is 19.1 Å². The van der Waals surface area contributed by atoms with Crippen LogP contribution in [-0.4, -0.2) is 44.3 Å². The van der Waals surface area contributed by atoms with E-state index in [-0.39, 0.29) is 24.5 Å². The highest BCUT2D eigenvalue weighted by Crippen LogP contribution is 2.32. The molecule has 0 aliphatic carbocycles. The van der Waals surface area contributed by atoms with E-state index in [4.69, 9.17) is 14.2 Å². The van der Waals surface area contributed by atoms with Crippen molar-refractivity contribution in [3.05, 3.63) is 58.1 Å². The molecule has 1 aliphatic rings. The van der Waals surface area contributed by atoms with Crippen LogP contribution in [0.1, 0.15) is 30.1 Å². The van der Waals surface area contributed by atoms with Gasteiger partial charge in [0, 0.05) is 19.2 Å². The van der Waals surface area contributed by atoms with Crippen molar-refractivity contribution in [1.29, 1.82) is 0 Å². The molecular formula is C22H26N2O6. The molecule has 8 nitrogen and oxygen atoms in total. The third-order valence-electron chi connectivity index (χ3n) is 5.05. The number of piperidine rings is 1. The molecule has 0 spiro atoms. The van der Waals surface area contributed by atoms with Gasteiger partial charge in [0.2, 0.25) is 0 Å². The summed E-state index contributed by atoms with van der Waals surface area (Å²) in [5, 5.41) is 11.6. The number of esters is 1. The molecule has 0 amide bonds. The summed E-state index contributed by atoms with van der Waals surface area (Å²) in [6, 6.07) is 11.6. The molecule has 0 saturated carbocycles. The zero-order chi connectivity index (χ0) is 21.5. The Balaban J connectivity index is 1.58. The molecule has 1 saturated heterocycles. The van der Waals surface area contributed by atoms with E-state index < -0.39 is 10.9 Å². The highest BCUT2D eigenvalue weighted by Gasteiger charge is 2.25. The summed E-state index contributed by atoms with van der Waals surface area (Å²) in [4.78, 5) is 25.5. The molecule has 3 rings (SSSR count). The second-order valence-corrected chi connectivity index (χ2v) is 7.31. The third kappa shape index (κ3) is 5.40. The fourth-order valence-electron chi connectivity index (χ4n) is 3.52. The zero-order valence-corrected chi connectivity index (χ0v) is 17.2. The van der Waals surface area contributed by atoms with E-state index in [9.17, 15) is 14.9 Å². The number of hydrogen-bond acceptors (Lipinski definition) is 7. The minimum atomic E-state index is -0.616. The van der Waals surface area contributed by atoms with Crippen LogP contribution in [0.4, 0.5) is 11.4 Å². The molecule has 1 aliphatic heterocycles. The van der Waals surface area contributed by atoms with Gasteiger partial charge in [-0.2, -0.15) is 0 Å². The molecule has 1 fully saturated rings. The summed E-state index contributed by atoms with van der Waals surface area (Å²) in [6.45, 7) is 3.89. The Hall–Kier alpha value is -3.29. The number of carbonyl (C=O) groups excluding carboxylic acids is 1. The largest absolute Gasteiger partial charge is 0.497 e. The lowest BCUT2D eigenvalue weighted by molar-refractivity contribution is -0.384. The number of anilines is 1. The molecule has 160 valence electrons. The smallest absolute Gasteiger partial charge is 0.338 e. The Kier molecular flexibility index (Phi) is 7.11. The normalized spacial score (nSPS) is 16.1. The van der Waals surface area contributed by atoms with Gasteiger partial charge in [0.25, 0.3) is 5.69 Å². The average Bonchev–Trinajstić information content (AvgIpc) is 2.76. The number of nitro benzene ring substituents is 1. The van der Waals surface area contributed by atoms with Gasteiger partial charge in [-0.1, -0.05) is 6.92 Å². The predicted molar refractivity (Wildman–Crippen MR) is 112 cm³/mol. The number of methoxy groups -OCH3 is 1. The van der Waals surface area contributed by atoms with E-state index in [2.05, 4.69) is 6.92 Å². The van der Waals surface area contributed by atoms with Gasteiger partial charge in [-0.25, -0.2) is 4.79 Å². The van der Waals surface area contributed by atoms with Gasteiger partial charge in [0.15, 0.2) is 0 Å². The maximum absolute atomic E-state index is 12.3. The van der Waals surface area contributed by atoms with Crippen LogP contribution < -0.4 is 14.4 Å². The van der Waals surface area contributed by atoms with Gasteiger partial charge in [0.1, 0.15) is 30.4 Å². The number of ether oxygens (including phenoxy) is 3. The standard InChI is InChI=1S/C22H26N2O6/c1-16-4-3-11-23(15-16)20-10-5-17(14-21(20)24(26)27)22(25)30-13-12-29-19-8-6-18(28-2)7-9-19/h5-10,14,16H,3-4,11-13,15H2,1-2H3/t16-/m0/s1. The lowest BCUT2D eigenvalue weighted by Gasteiger charge is -2.32. The van der Waals surface area contributed by atoms with Crippen molar-refractivity contribution in [2.24, 2.45) is 5.92 Å². The average molecular weight is 414 g/mol. The van der Waals surface area contributed by atoms with E-state index in [0.717, 1.165) is 31.7 Å². The monoisotopic (exact) mass is 414 g/mol. The van der Waals surface area contributed by atoms with Crippen LogP contribution in [0.25, 0.3) is 0 Å². The minimum absolute atomic E-state index is 0.0318. The minimum Gasteiger partial charge on any atom is -0.497 e. The summed E-state index contributed by atoms with van der Waals surface area (Å²) in [5.41, 5.74) is 0.624. The molecule has 0 bridgehead atoms. The lowest BCUT2D eigenvalue weighted by atomic mass is 9.99. The maximum Gasteiger partial charge on any atom is 0.338 e. The quantitative estimate of drug-likeness (QED) is 0.278. The van der Waals surface area contributed by atoms with Gasteiger partial charge in [-0.3, -0.25) is 10.1 Å². The van der Waals surface area contributed by atoms with Crippen LogP contribution in [0.2, 0.25) is 0 Å². The highest BCUT2D eigenvalue weighted by atomic mass is 16.6. The van der Waals surface area contributed by atoms with E-state index in [1.807, 2.05) is 4.90 Å². The summed E-state index contributed by atoms with van der Waals surface area (Å²) in [6.07, 6.45) is 2.11. The van der Waals surface area contributed by atoms with Crippen LogP contribution in [0.15, 0.2) is 42.5 Å². The van der Waals surface area contributed by atoms with E-state index in [1.165, 1.54) is 6.07 Å². The lowest BCUT2D eigenvalue weighted by Crippen LogP contribution is -2.34. The Morgan fingerprint density at radius 3 is 2.57 bits per heavy atom. The van der Waals surface area contributed by atoms with E-state index in [1.54, 1.807) is 43.5 Å². The SMILES string of the molecule is COc1ccc(OCCOC(=O)c2ccc(N3CCC[C@H](C)C3)c([N+](=O)[O-])c2)cc1. The first-order valence-corrected chi connectivity index (χ1v) is 9.95. The number of benzene rings is 2. The molecule has 0 radical (unpaired) electrons.